The van der Waals surface area contributed by atoms with E-state index >= 15 is 0 Å². The minimum Gasteiger partial charge on any atom is -0.444 e. The molecular weight excluding hydrogens is 442 g/mol. The molecule has 0 saturated carbocycles. The predicted octanol–water partition coefficient (Wildman–Crippen LogP) is 4.03. The standard InChI is InChI=1S/C28H39N3O4/c1-18(2)25-30-23(26(33)31(25)19(3)21-15-11-8-12-16-21)24(32)22(17-20-13-9-7-10-14-20)29-27(34)35-28(4,5)6/h7-16,18-19,22-25,30,32H,17H2,1-6H3,(H,29,34)/t19-,22-,23-,24+,25?/m0/s1. The van der Waals surface area contributed by atoms with Crippen LogP contribution in [0.1, 0.15) is 58.7 Å². The molecule has 0 aromatic heterocycles. The number of hydrogen-bond acceptors (Lipinski definition) is 5. The van der Waals surface area contributed by atoms with Gasteiger partial charge in [0.2, 0.25) is 5.91 Å². The normalized spacial score (nSPS) is 21.0. The lowest BCUT2D eigenvalue weighted by Gasteiger charge is -2.33. The van der Waals surface area contributed by atoms with Gasteiger partial charge in [0, 0.05) is 0 Å². The zero-order valence-corrected chi connectivity index (χ0v) is 21.6. The summed E-state index contributed by atoms with van der Waals surface area (Å²) in [5.74, 6) is -0.0645. The van der Waals surface area contributed by atoms with Crippen LogP contribution in [0.15, 0.2) is 60.7 Å². The van der Waals surface area contributed by atoms with Crippen LogP contribution in [0.2, 0.25) is 0 Å². The van der Waals surface area contributed by atoms with Gasteiger partial charge in [0.15, 0.2) is 0 Å². The number of amides is 2. The van der Waals surface area contributed by atoms with Crippen LogP contribution in [0.25, 0.3) is 0 Å². The van der Waals surface area contributed by atoms with Gasteiger partial charge in [-0.1, -0.05) is 74.5 Å². The molecule has 2 amide bonds. The van der Waals surface area contributed by atoms with E-state index in [0.717, 1.165) is 11.1 Å². The first-order valence-electron chi connectivity index (χ1n) is 12.3. The molecule has 1 aliphatic rings. The summed E-state index contributed by atoms with van der Waals surface area (Å²) in [5, 5.41) is 17.7. The quantitative estimate of drug-likeness (QED) is 0.530. The van der Waals surface area contributed by atoms with Crippen molar-refractivity contribution in [3.63, 3.8) is 0 Å². The van der Waals surface area contributed by atoms with Crippen LogP contribution < -0.4 is 10.6 Å². The summed E-state index contributed by atoms with van der Waals surface area (Å²) in [5.41, 5.74) is 1.28. The Bertz CT molecular complexity index is 975. The monoisotopic (exact) mass is 481 g/mol. The third-order valence-corrected chi connectivity index (χ3v) is 6.26. The Morgan fingerprint density at radius 3 is 2.17 bits per heavy atom. The zero-order valence-electron chi connectivity index (χ0n) is 21.6. The van der Waals surface area contributed by atoms with E-state index in [4.69, 9.17) is 4.74 Å². The largest absolute Gasteiger partial charge is 0.444 e. The molecule has 0 spiro atoms. The van der Waals surface area contributed by atoms with Gasteiger partial charge in [-0.15, -0.1) is 0 Å². The molecule has 1 saturated heterocycles. The number of rotatable bonds is 8. The number of nitrogens with zero attached hydrogens (tertiary/aromatic N) is 1. The maximum atomic E-state index is 13.7. The van der Waals surface area contributed by atoms with E-state index in [1.54, 1.807) is 20.8 Å². The summed E-state index contributed by atoms with van der Waals surface area (Å²) in [7, 11) is 0. The molecule has 1 heterocycles. The molecule has 0 radical (unpaired) electrons. The van der Waals surface area contributed by atoms with Gasteiger partial charge < -0.3 is 20.1 Å². The number of aliphatic hydroxyl groups excluding tert-OH is 1. The second-order valence-electron chi connectivity index (χ2n) is 10.6. The number of carbonyl (C=O) groups excluding carboxylic acids is 2. The number of aliphatic hydroxyl groups is 1. The van der Waals surface area contributed by atoms with Crippen LogP contribution in [0.5, 0.6) is 0 Å². The Kier molecular flexibility index (Phi) is 8.56. The molecule has 3 rings (SSSR count). The lowest BCUT2D eigenvalue weighted by molar-refractivity contribution is -0.134. The first-order chi connectivity index (χ1) is 16.5. The summed E-state index contributed by atoms with van der Waals surface area (Å²) in [6.45, 7) is 11.4. The van der Waals surface area contributed by atoms with Crippen LogP contribution in [0, 0.1) is 5.92 Å². The molecule has 0 aliphatic carbocycles. The van der Waals surface area contributed by atoms with Gasteiger partial charge in [-0.3, -0.25) is 10.1 Å². The second-order valence-corrected chi connectivity index (χ2v) is 10.6. The molecule has 5 atom stereocenters. The molecule has 35 heavy (non-hydrogen) atoms. The van der Waals surface area contributed by atoms with E-state index in [1.807, 2.05) is 86.3 Å². The van der Waals surface area contributed by atoms with Crippen molar-refractivity contribution in [2.75, 3.05) is 0 Å². The highest BCUT2D eigenvalue weighted by molar-refractivity contribution is 5.85. The Labute approximate surface area is 208 Å². The van der Waals surface area contributed by atoms with E-state index in [0.29, 0.717) is 6.42 Å². The first kappa shape index (κ1) is 26.7. The van der Waals surface area contributed by atoms with Crippen molar-refractivity contribution in [1.29, 1.82) is 0 Å². The summed E-state index contributed by atoms with van der Waals surface area (Å²) in [6.07, 6.45) is -1.69. The molecule has 7 heteroatoms. The number of hydrogen-bond donors (Lipinski definition) is 3. The van der Waals surface area contributed by atoms with Crippen LogP contribution in [0.4, 0.5) is 4.79 Å². The zero-order chi connectivity index (χ0) is 25.8. The molecule has 2 aromatic carbocycles. The third-order valence-electron chi connectivity index (χ3n) is 6.26. The van der Waals surface area contributed by atoms with Crippen molar-refractivity contribution in [2.45, 2.75) is 84.0 Å². The Balaban J connectivity index is 1.86. The minimum absolute atomic E-state index is 0.119. The van der Waals surface area contributed by atoms with Crippen molar-refractivity contribution >= 4 is 12.0 Å². The lowest BCUT2D eigenvalue weighted by atomic mass is 9.96. The van der Waals surface area contributed by atoms with Crippen LogP contribution >= 0.6 is 0 Å². The average Bonchev–Trinajstić information content (AvgIpc) is 3.15. The highest BCUT2D eigenvalue weighted by Gasteiger charge is 2.47. The smallest absolute Gasteiger partial charge is 0.407 e. The molecule has 2 aromatic rings. The van der Waals surface area contributed by atoms with Crippen molar-refractivity contribution in [2.24, 2.45) is 5.92 Å². The topological polar surface area (TPSA) is 90.9 Å². The summed E-state index contributed by atoms with van der Waals surface area (Å²) in [6, 6.07) is 17.7. The maximum Gasteiger partial charge on any atom is 0.407 e. The number of alkyl carbamates (subject to hydrolysis) is 1. The minimum atomic E-state index is -1.16. The van der Waals surface area contributed by atoms with Gasteiger partial charge >= 0.3 is 6.09 Å². The number of carbonyl (C=O) groups is 2. The highest BCUT2D eigenvalue weighted by atomic mass is 16.6. The van der Waals surface area contributed by atoms with E-state index in [-0.39, 0.29) is 24.0 Å². The molecule has 1 unspecified atom stereocenters. The Hall–Kier alpha value is -2.90. The van der Waals surface area contributed by atoms with E-state index in [2.05, 4.69) is 10.6 Å². The fraction of sp³-hybridized carbons (Fsp3) is 0.500. The van der Waals surface area contributed by atoms with Crippen LogP contribution in [0.3, 0.4) is 0 Å². The summed E-state index contributed by atoms with van der Waals surface area (Å²) < 4.78 is 5.45. The van der Waals surface area contributed by atoms with Crippen molar-refractivity contribution in [1.82, 2.24) is 15.5 Å². The van der Waals surface area contributed by atoms with Gasteiger partial charge in [0.1, 0.15) is 11.6 Å². The van der Waals surface area contributed by atoms with Crippen LogP contribution in [-0.2, 0) is 16.0 Å². The van der Waals surface area contributed by atoms with E-state index < -0.39 is 29.9 Å². The van der Waals surface area contributed by atoms with Gasteiger partial charge in [-0.25, -0.2) is 4.79 Å². The molecule has 3 N–H and O–H groups in total. The summed E-state index contributed by atoms with van der Waals surface area (Å²) >= 11 is 0. The van der Waals surface area contributed by atoms with Crippen molar-refractivity contribution in [3.8, 4) is 0 Å². The molecule has 1 aliphatic heterocycles. The fourth-order valence-corrected chi connectivity index (χ4v) is 4.53. The van der Waals surface area contributed by atoms with E-state index in [9.17, 15) is 14.7 Å². The number of benzene rings is 2. The second kappa shape index (κ2) is 11.2. The van der Waals surface area contributed by atoms with E-state index in [1.165, 1.54) is 0 Å². The van der Waals surface area contributed by atoms with Crippen molar-refractivity contribution < 1.29 is 19.4 Å². The number of nitrogens with one attached hydrogen (secondary N) is 2. The molecule has 7 nitrogen and oxygen atoms in total. The first-order valence-corrected chi connectivity index (χ1v) is 12.3. The predicted molar refractivity (Wildman–Crippen MR) is 137 cm³/mol. The molecule has 0 bridgehead atoms. The summed E-state index contributed by atoms with van der Waals surface area (Å²) in [4.78, 5) is 28.2. The molecular formula is C28H39N3O4. The van der Waals surface area contributed by atoms with Gasteiger partial charge in [0.25, 0.3) is 0 Å². The van der Waals surface area contributed by atoms with Gasteiger partial charge in [-0.2, -0.15) is 0 Å². The Morgan fingerprint density at radius 2 is 1.63 bits per heavy atom. The Morgan fingerprint density at radius 1 is 1.06 bits per heavy atom. The molecule has 1 fully saturated rings. The SMILES string of the molecule is CC(C)C1N[C@@H]([C@H](O)[C@H](Cc2ccccc2)NC(=O)OC(C)(C)C)C(=O)N1[C@@H](C)c1ccccc1. The van der Waals surface area contributed by atoms with Crippen molar-refractivity contribution in [3.05, 3.63) is 71.8 Å². The average molecular weight is 482 g/mol. The third kappa shape index (κ3) is 6.83. The van der Waals surface area contributed by atoms with Gasteiger partial charge in [0.05, 0.1) is 24.4 Å². The van der Waals surface area contributed by atoms with Gasteiger partial charge in [-0.05, 0) is 51.2 Å². The molecule has 190 valence electrons. The lowest BCUT2D eigenvalue weighted by Crippen LogP contribution is -2.55. The highest BCUT2D eigenvalue weighted by Crippen LogP contribution is 2.31. The maximum absolute atomic E-state index is 13.7. The fourth-order valence-electron chi connectivity index (χ4n) is 4.53. The van der Waals surface area contributed by atoms with Crippen LogP contribution in [-0.4, -0.2) is 52.0 Å². The number of ether oxygens (including phenoxy) is 1.